The van der Waals surface area contributed by atoms with Crippen LogP contribution in [-0.2, 0) is 18.5 Å². The molecule has 1 aliphatic heterocycles. The Labute approximate surface area is 242 Å². The first kappa shape index (κ1) is 28.6. The Kier molecular flexibility index (Phi) is 7.48. The summed E-state index contributed by atoms with van der Waals surface area (Å²) in [5.41, 5.74) is 0.655. The topological polar surface area (TPSA) is 108 Å². The van der Waals surface area contributed by atoms with E-state index in [1.165, 1.54) is 11.3 Å². The maximum atomic E-state index is 14.7. The highest BCUT2D eigenvalue weighted by molar-refractivity contribution is 7.14. The van der Waals surface area contributed by atoms with E-state index in [0.717, 1.165) is 22.3 Å². The van der Waals surface area contributed by atoms with Crippen molar-refractivity contribution < 1.29 is 32.0 Å². The number of benzene rings is 1. The second kappa shape index (κ2) is 11.0. The summed E-state index contributed by atoms with van der Waals surface area (Å²) in [6.07, 6.45) is -3.34. The number of hydrogen-bond donors (Lipinski definition) is 3. The summed E-state index contributed by atoms with van der Waals surface area (Å²) in [6, 6.07) is 9.52. The molecule has 224 valence electrons. The van der Waals surface area contributed by atoms with E-state index in [1.807, 2.05) is 18.0 Å². The Morgan fingerprint density at radius 2 is 2.07 bits per heavy atom. The predicted molar refractivity (Wildman–Crippen MR) is 149 cm³/mol. The largest absolute Gasteiger partial charge is 0.406 e. The number of carbonyl (C=O) groups is 1. The summed E-state index contributed by atoms with van der Waals surface area (Å²) in [4.78, 5) is 20.3. The molecule has 3 aromatic heterocycles. The van der Waals surface area contributed by atoms with E-state index < -0.39 is 24.9 Å². The fraction of sp³-hybridized carbons (Fsp3) is 0.464. The summed E-state index contributed by atoms with van der Waals surface area (Å²) < 4.78 is 62.1. The van der Waals surface area contributed by atoms with Gasteiger partial charge in [0.15, 0.2) is 0 Å². The van der Waals surface area contributed by atoms with Gasteiger partial charge in [-0.1, -0.05) is 11.2 Å². The quantitative estimate of drug-likeness (QED) is 0.237. The molecule has 2 aliphatic rings. The summed E-state index contributed by atoms with van der Waals surface area (Å²) >= 11 is 1.32. The van der Waals surface area contributed by atoms with Crippen LogP contribution in [0.4, 0.5) is 23.2 Å². The van der Waals surface area contributed by atoms with Gasteiger partial charge in [-0.15, -0.1) is 11.3 Å². The molecule has 4 heterocycles. The van der Waals surface area contributed by atoms with Crippen molar-refractivity contribution in [3.8, 4) is 11.5 Å². The molecule has 14 heteroatoms. The number of nitrogens with one attached hydrogen (secondary N) is 2. The summed E-state index contributed by atoms with van der Waals surface area (Å²) in [6.45, 7) is -0.395. The van der Waals surface area contributed by atoms with E-state index in [9.17, 15) is 27.5 Å². The molecule has 6 rings (SSSR count). The third kappa shape index (κ3) is 5.75. The van der Waals surface area contributed by atoms with Crippen LogP contribution in [0.25, 0.3) is 22.4 Å². The molecule has 1 aliphatic carbocycles. The van der Waals surface area contributed by atoms with Crippen molar-refractivity contribution in [2.45, 2.75) is 56.2 Å². The Morgan fingerprint density at radius 1 is 1.26 bits per heavy atom. The molecule has 1 saturated carbocycles. The third-order valence-electron chi connectivity index (χ3n) is 7.97. The average Bonchev–Trinajstić information content (AvgIpc) is 3.27. The molecule has 0 radical (unpaired) electrons. The van der Waals surface area contributed by atoms with Gasteiger partial charge in [0, 0.05) is 34.5 Å². The number of piperidine rings is 1. The van der Waals surface area contributed by atoms with Crippen molar-refractivity contribution in [1.29, 1.82) is 0 Å². The van der Waals surface area contributed by atoms with Crippen LogP contribution in [0.3, 0.4) is 0 Å². The number of likely N-dealkylation sites (tertiary alicyclic amines) is 1. The molecule has 0 spiro atoms. The average molecular weight is 607 g/mol. The number of alkyl halides is 4. The lowest BCUT2D eigenvalue weighted by atomic mass is 10.0. The van der Waals surface area contributed by atoms with Crippen LogP contribution in [-0.4, -0.2) is 75.8 Å². The minimum Gasteiger partial charge on any atom is -0.395 e. The first-order valence-electron chi connectivity index (χ1n) is 13.7. The first-order chi connectivity index (χ1) is 20.0. The van der Waals surface area contributed by atoms with Crippen LogP contribution in [0, 0.1) is 0 Å². The van der Waals surface area contributed by atoms with Crippen molar-refractivity contribution in [3.05, 3.63) is 52.0 Å². The highest BCUT2D eigenvalue weighted by atomic mass is 32.1. The molecule has 9 nitrogen and oxygen atoms in total. The second-order valence-electron chi connectivity index (χ2n) is 11.1. The van der Waals surface area contributed by atoms with E-state index in [2.05, 4.69) is 20.8 Å². The molecule has 4 aromatic rings. The van der Waals surface area contributed by atoms with Crippen molar-refractivity contribution in [2.24, 2.45) is 0 Å². The van der Waals surface area contributed by atoms with Gasteiger partial charge >= 0.3 is 6.18 Å². The molecule has 0 bridgehead atoms. The zero-order chi connectivity index (χ0) is 29.6. The number of amides is 1. The Morgan fingerprint density at radius 3 is 2.79 bits per heavy atom. The number of rotatable bonds is 9. The van der Waals surface area contributed by atoms with Crippen molar-refractivity contribution in [1.82, 2.24) is 24.9 Å². The van der Waals surface area contributed by atoms with Gasteiger partial charge in [0.05, 0.1) is 35.3 Å². The van der Waals surface area contributed by atoms with Gasteiger partial charge in [0.2, 0.25) is 11.7 Å². The smallest absolute Gasteiger partial charge is 0.395 e. The number of aliphatic hydroxyl groups excluding tert-OH is 1. The Bertz CT molecular complexity index is 1590. The number of anilines is 1. The van der Waals surface area contributed by atoms with Crippen molar-refractivity contribution >= 4 is 33.8 Å². The van der Waals surface area contributed by atoms with Gasteiger partial charge in [0.25, 0.3) is 5.91 Å². The molecule has 2 atom stereocenters. The SMILES string of the molecule is CN1CC[C@@H](Nc2cccc3c2cc(-c2noc(CNC(=O)c4ccc(C5(CO)CC5)s4)n2)n3CC(F)(F)F)[C@@H](F)C1. The molecular weight excluding hydrogens is 576 g/mol. The molecular formula is C28H30F4N6O3S. The number of nitrogens with zero attached hydrogens (tertiary/aromatic N) is 4. The maximum Gasteiger partial charge on any atom is 0.406 e. The molecule has 0 unspecified atom stereocenters. The lowest BCUT2D eigenvalue weighted by Gasteiger charge is -2.33. The van der Waals surface area contributed by atoms with Gasteiger partial charge in [0.1, 0.15) is 12.7 Å². The third-order valence-corrected chi connectivity index (χ3v) is 9.31. The predicted octanol–water partition coefficient (Wildman–Crippen LogP) is 4.72. The minimum atomic E-state index is -4.53. The maximum absolute atomic E-state index is 14.7. The van der Waals surface area contributed by atoms with Crippen LogP contribution in [0.15, 0.2) is 40.9 Å². The normalized spacial score (nSPS) is 20.6. The summed E-state index contributed by atoms with van der Waals surface area (Å²) in [5, 5.41) is 19.9. The van der Waals surface area contributed by atoms with Crippen LogP contribution in [0.5, 0.6) is 0 Å². The fourth-order valence-corrected chi connectivity index (χ4v) is 6.58. The van der Waals surface area contributed by atoms with Gasteiger partial charge < -0.3 is 29.7 Å². The van der Waals surface area contributed by atoms with Crippen LogP contribution in [0.2, 0.25) is 0 Å². The second-order valence-corrected chi connectivity index (χ2v) is 12.2. The Balaban J connectivity index is 1.23. The molecule has 1 saturated heterocycles. The van der Waals surface area contributed by atoms with E-state index in [4.69, 9.17) is 4.52 Å². The van der Waals surface area contributed by atoms with Crippen molar-refractivity contribution in [2.75, 3.05) is 32.1 Å². The number of aliphatic hydroxyl groups is 1. The fourth-order valence-electron chi connectivity index (χ4n) is 5.42. The van der Waals surface area contributed by atoms with Gasteiger partial charge in [-0.3, -0.25) is 4.79 Å². The Hall–Kier alpha value is -3.49. The lowest BCUT2D eigenvalue weighted by Crippen LogP contribution is -2.46. The van der Waals surface area contributed by atoms with E-state index in [-0.39, 0.29) is 48.4 Å². The first-order valence-corrected chi connectivity index (χ1v) is 14.5. The van der Waals surface area contributed by atoms with E-state index >= 15 is 0 Å². The number of fused-ring (bicyclic) bond motifs is 1. The number of aromatic nitrogens is 3. The molecule has 2 fully saturated rings. The molecule has 1 amide bonds. The minimum absolute atomic E-state index is 0.0258. The summed E-state index contributed by atoms with van der Waals surface area (Å²) in [7, 11) is 1.84. The highest BCUT2D eigenvalue weighted by Gasteiger charge is 2.45. The molecule has 3 N–H and O–H groups in total. The molecule has 1 aromatic carbocycles. The van der Waals surface area contributed by atoms with Crippen LogP contribution >= 0.6 is 11.3 Å². The highest BCUT2D eigenvalue weighted by Crippen LogP contribution is 2.50. The number of hydrogen-bond acceptors (Lipinski definition) is 8. The van der Waals surface area contributed by atoms with Crippen LogP contribution in [0.1, 0.15) is 39.7 Å². The van der Waals surface area contributed by atoms with E-state index in [0.29, 0.717) is 34.4 Å². The number of halogens is 4. The lowest BCUT2D eigenvalue weighted by molar-refractivity contribution is -0.139. The zero-order valence-corrected chi connectivity index (χ0v) is 23.6. The number of thiophene rings is 1. The van der Waals surface area contributed by atoms with Gasteiger partial charge in [-0.05, 0) is 56.6 Å². The van der Waals surface area contributed by atoms with Crippen molar-refractivity contribution in [3.63, 3.8) is 0 Å². The number of carbonyl (C=O) groups excluding carboxylic acids is 1. The van der Waals surface area contributed by atoms with E-state index in [1.54, 1.807) is 30.3 Å². The molecule has 42 heavy (non-hydrogen) atoms. The monoisotopic (exact) mass is 606 g/mol. The standard InChI is InChI=1S/C28H30F4N6O3S/c1-37-10-7-19(17(29)13-37)34-18-3-2-4-20-16(18)11-21(38(20)14-28(30,31)32)25-35-24(41-36-25)12-33-26(40)22-5-6-23(42-22)27(15-39)8-9-27/h2-6,11,17,19,34,39H,7-10,12-15H2,1H3,(H,33,40)/t17-,19+/m0/s1. The van der Waals surface area contributed by atoms with Gasteiger partial charge in [-0.2, -0.15) is 18.2 Å². The van der Waals surface area contributed by atoms with Crippen LogP contribution < -0.4 is 10.6 Å². The summed E-state index contributed by atoms with van der Waals surface area (Å²) in [5.74, 6) is -0.398. The zero-order valence-electron chi connectivity index (χ0n) is 22.7. The van der Waals surface area contributed by atoms with Gasteiger partial charge in [-0.25, -0.2) is 4.39 Å².